The molecule has 140 valence electrons. The van der Waals surface area contributed by atoms with Crippen LogP contribution in [0.5, 0.6) is 11.5 Å². The summed E-state index contributed by atoms with van der Waals surface area (Å²) in [7, 11) is -3.04. The van der Waals surface area contributed by atoms with Crippen LogP contribution in [0.3, 0.4) is 0 Å². The molecular weight excluding hydrogens is 393 g/mol. The van der Waals surface area contributed by atoms with E-state index in [4.69, 9.17) is 0 Å². The molecule has 3 nitrogen and oxygen atoms in total. The van der Waals surface area contributed by atoms with Crippen molar-refractivity contribution < 1.29 is 40.6 Å². The monoisotopic (exact) mass is 410 g/mol. The van der Waals surface area contributed by atoms with E-state index in [1.807, 2.05) is 42.5 Å². The summed E-state index contributed by atoms with van der Waals surface area (Å²) in [4.78, 5) is 0. The second kappa shape index (κ2) is 11.2. The van der Waals surface area contributed by atoms with Gasteiger partial charge in [-0.1, -0.05) is 42.2 Å². The first-order valence-corrected chi connectivity index (χ1v) is 7.86. The van der Waals surface area contributed by atoms with E-state index in [-0.39, 0.29) is 34.1 Å². The van der Waals surface area contributed by atoms with Crippen LogP contribution in [0.15, 0.2) is 84.5 Å². The van der Waals surface area contributed by atoms with Crippen molar-refractivity contribution in [2.24, 2.45) is 0 Å². The Bertz CT molecular complexity index is 810. The summed E-state index contributed by atoms with van der Waals surface area (Å²) in [6.07, 6.45) is 10.0. The fraction of sp³-hybridized carbons (Fsp3) is 0.0500. The molecule has 2 aromatic carbocycles. The molecule has 0 aromatic heterocycles. The first kappa shape index (κ1) is 22.4. The van der Waals surface area contributed by atoms with Gasteiger partial charge < -0.3 is 14.9 Å². The Labute approximate surface area is 168 Å². The summed E-state index contributed by atoms with van der Waals surface area (Å²) >= 11 is 0. The predicted octanol–water partition coefficient (Wildman–Crippen LogP) is 4.16. The van der Waals surface area contributed by atoms with E-state index in [0.717, 1.165) is 11.6 Å². The van der Waals surface area contributed by atoms with E-state index in [9.17, 15) is 18.8 Å². The van der Waals surface area contributed by atoms with Gasteiger partial charge in [0.1, 0.15) is 11.5 Å². The van der Waals surface area contributed by atoms with Crippen molar-refractivity contribution in [2.75, 3.05) is 0 Å². The van der Waals surface area contributed by atoms with Crippen LogP contribution in [0.25, 0.3) is 5.76 Å². The molecule has 0 bridgehead atoms. The second-order valence-electron chi connectivity index (χ2n) is 5.39. The topological polar surface area (TPSA) is 52.5 Å². The second-order valence-corrected chi connectivity index (χ2v) is 5.39. The van der Waals surface area contributed by atoms with Crippen molar-refractivity contribution in [3.8, 4) is 11.5 Å². The van der Waals surface area contributed by atoms with Gasteiger partial charge >= 0.3 is 24.5 Å². The number of phenols is 1. The largest absolute Gasteiger partial charge is 2.00 e. The Balaban J connectivity index is 0.000000526. The average Bonchev–Trinajstić information content (AvgIpc) is 3.31. The number of allylic oxidation sites excluding steroid dienone is 7. The average molecular weight is 410 g/mol. The summed E-state index contributed by atoms with van der Waals surface area (Å²) in [5.41, 5.74) is 1.06. The minimum Gasteiger partial charge on any atom is -0.872 e. The van der Waals surface area contributed by atoms with Gasteiger partial charge in [0, 0.05) is 5.56 Å². The number of hydrogen-bond donors (Lipinski definition) is 1. The van der Waals surface area contributed by atoms with Gasteiger partial charge in [-0.25, -0.2) is 20.8 Å². The predicted molar refractivity (Wildman–Crippen MR) is 97.8 cm³/mol. The third kappa shape index (κ3) is 7.25. The molecule has 0 heterocycles. The number of aryl methyl sites for hydroxylation is 1. The van der Waals surface area contributed by atoms with Crippen LogP contribution in [0, 0.1) is 6.92 Å². The fourth-order valence-corrected chi connectivity index (χ4v) is 2.14. The van der Waals surface area contributed by atoms with E-state index in [2.05, 4.69) is 4.65 Å². The maximum Gasteiger partial charge on any atom is 2.00 e. The van der Waals surface area contributed by atoms with Crippen molar-refractivity contribution in [3.63, 3.8) is 0 Å². The van der Waals surface area contributed by atoms with E-state index in [0.29, 0.717) is 5.56 Å². The molecule has 0 aliphatic heterocycles. The van der Waals surface area contributed by atoms with Gasteiger partial charge in [-0.2, -0.15) is 18.2 Å². The Morgan fingerprint density at radius 1 is 1.19 bits per heavy atom. The maximum atomic E-state index is 12.4. The molecule has 2 aromatic rings. The molecule has 1 aliphatic carbocycles. The molecule has 1 N–H and O–H groups in total. The molecule has 0 radical (unpaired) electrons. The Kier molecular flexibility index (Phi) is 9.27. The van der Waals surface area contributed by atoms with E-state index < -0.39 is 13.2 Å². The number of rotatable bonds is 4. The summed E-state index contributed by atoms with van der Waals surface area (Å²) in [5.74, 6) is -0.929. The number of phenolic OH excluding ortho intramolecular Hbond substituents is 1. The van der Waals surface area contributed by atoms with E-state index in [1.54, 1.807) is 18.2 Å². The summed E-state index contributed by atoms with van der Waals surface area (Å²) in [5, 5.41) is 21.7. The summed E-state index contributed by atoms with van der Waals surface area (Å²) in [6.45, 7) is 1.53. The molecule has 0 saturated carbocycles. The molecule has 1 aliphatic rings. The minimum absolute atomic E-state index is 0. The molecular formula is C20H17BF2FeO3. The Hall–Kier alpha value is -2.63. The number of hydrogen-bond acceptors (Lipinski definition) is 3. The molecule has 3 rings (SSSR count). The quantitative estimate of drug-likeness (QED) is 0.468. The SMILES string of the molecule is Cc1cc(OB(F)F)c(C([O-])=CC=C2C=CC=C2)cc1O.[Fe+2].c1cc[cH-]c1. The molecule has 0 fully saturated rings. The number of benzene rings is 1. The van der Waals surface area contributed by atoms with Crippen molar-refractivity contribution in [2.45, 2.75) is 6.92 Å². The molecule has 0 saturated heterocycles. The molecule has 0 atom stereocenters. The van der Waals surface area contributed by atoms with Gasteiger partial charge in [0.15, 0.2) is 0 Å². The molecule has 0 spiro atoms. The van der Waals surface area contributed by atoms with Crippen molar-refractivity contribution in [3.05, 3.63) is 95.6 Å². The van der Waals surface area contributed by atoms with Gasteiger partial charge in [-0.3, -0.25) is 0 Å². The fourth-order valence-electron chi connectivity index (χ4n) is 2.14. The van der Waals surface area contributed by atoms with Crippen LogP contribution in [-0.4, -0.2) is 12.6 Å². The first-order chi connectivity index (χ1) is 12.5. The van der Waals surface area contributed by atoms with Gasteiger partial charge in [0.05, 0.1) is 0 Å². The van der Waals surface area contributed by atoms with Crippen LogP contribution in [0.1, 0.15) is 11.1 Å². The zero-order chi connectivity index (χ0) is 18.9. The molecule has 27 heavy (non-hydrogen) atoms. The molecule has 7 heteroatoms. The normalized spacial score (nSPS) is 12.1. The first-order valence-electron chi connectivity index (χ1n) is 7.86. The third-order valence-electron chi connectivity index (χ3n) is 3.45. The smallest absolute Gasteiger partial charge is 0.872 e. The van der Waals surface area contributed by atoms with Crippen molar-refractivity contribution in [1.29, 1.82) is 0 Å². The van der Waals surface area contributed by atoms with Gasteiger partial charge in [0.25, 0.3) is 0 Å². The maximum absolute atomic E-state index is 12.4. The third-order valence-corrected chi connectivity index (χ3v) is 3.45. The van der Waals surface area contributed by atoms with Crippen LogP contribution in [0.4, 0.5) is 8.63 Å². The van der Waals surface area contributed by atoms with Gasteiger partial charge in [-0.15, -0.1) is 0 Å². The Morgan fingerprint density at radius 2 is 1.81 bits per heavy atom. The van der Waals surface area contributed by atoms with E-state index >= 15 is 0 Å². The van der Waals surface area contributed by atoms with Crippen molar-refractivity contribution >= 4 is 13.2 Å². The van der Waals surface area contributed by atoms with Crippen molar-refractivity contribution in [1.82, 2.24) is 0 Å². The molecule has 0 unspecified atom stereocenters. The zero-order valence-electron chi connectivity index (χ0n) is 14.5. The van der Waals surface area contributed by atoms with Crippen LogP contribution < -0.4 is 9.76 Å². The minimum atomic E-state index is -3.04. The Morgan fingerprint density at radius 3 is 2.33 bits per heavy atom. The summed E-state index contributed by atoms with van der Waals surface area (Å²) < 4.78 is 29.1. The standard InChI is InChI=1S/C15H13BF2O3.C5H5.Fe/c1-10-8-15(21-16(17)18)12(9-14(10)20)13(19)7-6-11-4-2-3-5-11;1-2-4-5-3-1;/h2-9,19-20H,1H3;1-5H;/q;-1;+2/p-1. The number of halogens is 2. The zero-order valence-corrected chi connectivity index (χ0v) is 15.6. The van der Waals surface area contributed by atoms with E-state index in [1.165, 1.54) is 19.1 Å². The van der Waals surface area contributed by atoms with Crippen LogP contribution in [0.2, 0.25) is 0 Å². The van der Waals surface area contributed by atoms with Crippen LogP contribution >= 0.6 is 0 Å². The summed E-state index contributed by atoms with van der Waals surface area (Å²) in [6, 6.07) is 12.3. The number of aromatic hydroxyl groups is 1. The van der Waals surface area contributed by atoms with Crippen LogP contribution in [-0.2, 0) is 17.1 Å². The van der Waals surface area contributed by atoms with Gasteiger partial charge in [-0.05, 0) is 30.2 Å². The van der Waals surface area contributed by atoms with Gasteiger partial charge in [0.2, 0.25) is 0 Å². The molecule has 0 amide bonds.